The first-order chi connectivity index (χ1) is 12.9. The third-order valence-corrected chi connectivity index (χ3v) is 3.70. The van der Waals surface area contributed by atoms with Crippen molar-refractivity contribution in [1.29, 1.82) is 0 Å². The van der Waals surface area contributed by atoms with Gasteiger partial charge in [-0.25, -0.2) is 0 Å². The van der Waals surface area contributed by atoms with Gasteiger partial charge in [0.25, 0.3) is 5.69 Å². The number of aryl methyl sites for hydroxylation is 1. The standard InChI is InChI=1S/C19H23N3O5/c1-4-26-17-9-7-14(10-18(17)27-5-2)21-19(23)12-20-16-11-15(22(24)25)8-6-13(16)3/h6-11,20H,4-5,12H2,1-3H3,(H,21,23). The first-order valence-corrected chi connectivity index (χ1v) is 8.63. The SMILES string of the molecule is CCOc1ccc(NC(=O)CNc2cc([N+](=O)[O-])ccc2C)cc1OCC. The fraction of sp³-hybridized carbons (Fsp3) is 0.316. The number of benzene rings is 2. The summed E-state index contributed by atoms with van der Waals surface area (Å²) >= 11 is 0. The molecule has 2 aromatic carbocycles. The summed E-state index contributed by atoms with van der Waals surface area (Å²) in [5.74, 6) is 0.884. The van der Waals surface area contributed by atoms with Crippen molar-refractivity contribution in [2.45, 2.75) is 20.8 Å². The molecule has 0 atom stereocenters. The van der Waals surface area contributed by atoms with Gasteiger partial charge in [-0.15, -0.1) is 0 Å². The van der Waals surface area contributed by atoms with Crippen molar-refractivity contribution in [3.63, 3.8) is 0 Å². The molecular weight excluding hydrogens is 350 g/mol. The number of hydrogen-bond donors (Lipinski definition) is 2. The van der Waals surface area contributed by atoms with Crippen molar-refractivity contribution in [3.8, 4) is 11.5 Å². The van der Waals surface area contributed by atoms with E-state index < -0.39 is 4.92 Å². The molecule has 2 rings (SSSR count). The van der Waals surface area contributed by atoms with Gasteiger partial charge in [-0.05, 0) is 38.5 Å². The van der Waals surface area contributed by atoms with Crippen LogP contribution >= 0.6 is 0 Å². The Labute approximate surface area is 157 Å². The Hall–Kier alpha value is -3.29. The molecule has 27 heavy (non-hydrogen) atoms. The number of rotatable bonds is 9. The third-order valence-electron chi connectivity index (χ3n) is 3.70. The van der Waals surface area contributed by atoms with E-state index in [-0.39, 0.29) is 18.1 Å². The van der Waals surface area contributed by atoms with E-state index in [4.69, 9.17) is 9.47 Å². The maximum absolute atomic E-state index is 12.2. The average Bonchev–Trinajstić information content (AvgIpc) is 2.63. The van der Waals surface area contributed by atoms with Crippen LogP contribution < -0.4 is 20.1 Å². The Balaban J connectivity index is 2.02. The number of nitro groups is 1. The zero-order valence-electron chi connectivity index (χ0n) is 15.6. The molecule has 0 unspecified atom stereocenters. The zero-order valence-corrected chi connectivity index (χ0v) is 15.6. The number of non-ortho nitro benzene ring substituents is 1. The van der Waals surface area contributed by atoms with Gasteiger partial charge in [0.2, 0.25) is 5.91 Å². The van der Waals surface area contributed by atoms with E-state index in [1.165, 1.54) is 12.1 Å². The van der Waals surface area contributed by atoms with Gasteiger partial charge in [-0.2, -0.15) is 0 Å². The lowest BCUT2D eigenvalue weighted by Gasteiger charge is -2.13. The molecule has 0 aliphatic heterocycles. The van der Waals surface area contributed by atoms with E-state index in [1.807, 2.05) is 20.8 Å². The van der Waals surface area contributed by atoms with Crippen molar-refractivity contribution in [2.24, 2.45) is 0 Å². The molecule has 8 nitrogen and oxygen atoms in total. The highest BCUT2D eigenvalue weighted by molar-refractivity contribution is 5.94. The topological polar surface area (TPSA) is 103 Å². The molecule has 2 aromatic rings. The summed E-state index contributed by atoms with van der Waals surface area (Å²) in [6.07, 6.45) is 0. The van der Waals surface area contributed by atoms with Crippen LogP contribution in [-0.2, 0) is 4.79 Å². The fourth-order valence-electron chi connectivity index (χ4n) is 2.42. The lowest BCUT2D eigenvalue weighted by Crippen LogP contribution is -2.22. The number of hydrogen-bond acceptors (Lipinski definition) is 6. The summed E-state index contributed by atoms with van der Waals surface area (Å²) in [4.78, 5) is 22.6. The normalized spacial score (nSPS) is 10.2. The second kappa shape index (κ2) is 9.42. The largest absolute Gasteiger partial charge is 0.490 e. The monoisotopic (exact) mass is 373 g/mol. The molecule has 2 N–H and O–H groups in total. The third kappa shape index (κ3) is 5.60. The number of anilines is 2. The van der Waals surface area contributed by atoms with Crippen LogP contribution in [0.4, 0.5) is 17.1 Å². The minimum absolute atomic E-state index is 0.0286. The molecule has 0 saturated carbocycles. The molecule has 0 heterocycles. The van der Waals surface area contributed by atoms with Crippen LogP contribution in [0.15, 0.2) is 36.4 Å². The Morgan fingerprint density at radius 3 is 2.44 bits per heavy atom. The number of carbonyl (C=O) groups excluding carboxylic acids is 1. The van der Waals surface area contributed by atoms with E-state index in [1.54, 1.807) is 24.3 Å². The molecule has 0 radical (unpaired) electrons. The van der Waals surface area contributed by atoms with Crippen LogP contribution in [0, 0.1) is 17.0 Å². The van der Waals surface area contributed by atoms with Crippen molar-refractivity contribution in [3.05, 3.63) is 52.1 Å². The molecule has 144 valence electrons. The first kappa shape index (κ1) is 20.0. The zero-order chi connectivity index (χ0) is 19.8. The van der Waals surface area contributed by atoms with E-state index in [2.05, 4.69) is 10.6 Å². The maximum atomic E-state index is 12.2. The molecule has 0 spiro atoms. The van der Waals surface area contributed by atoms with Crippen molar-refractivity contribution >= 4 is 23.0 Å². The summed E-state index contributed by atoms with van der Waals surface area (Å²) in [6.45, 7) is 6.52. The van der Waals surface area contributed by atoms with Crippen LogP contribution in [-0.4, -0.2) is 30.6 Å². The second-order valence-corrected chi connectivity index (χ2v) is 5.69. The number of nitrogens with one attached hydrogen (secondary N) is 2. The minimum atomic E-state index is -0.472. The van der Waals surface area contributed by atoms with Gasteiger partial charge >= 0.3 is 0 Å². The average molecular weight is 373 g/mol. The Kier molecular flexibility index (Phi) is 6.99. The van der Waals surface area contributed by atoms with Gasteiger partial charge in [-0.1, -0.05) is 6.07 Å². The maximum Gasteiger partial charge on any atom is 0.271 e. The molecular formula is C19H23N3O5. The summed E-state index contributed by atoms with van der Waals surface area (Å²) in [6, 6.07) is 9.64. The van der Waals surface area contributed by atoms with E-state index in [9.17, 15) is 14.9 Å². The lowest BCUT2D eigenvalue weighted by atomic mass is 10.2. The van der Waals surface area contributed by atoms with Gasteiger partial charge in [0.05, 0.1) is 24.7 Å². The van der Waals surface area contributed by atoms with Crippen LogP contribution in [0.5, 0.6) is 11.5 Å². The van der Waals surface area contributed by atoms with Crippen LogP contribution in [0.1, 0.15) is 19.4 Å². The predicted molar refractivity (Wildman–Crippen MR) is 104 cm³/mol. The summed E-state index contributed by atoms with van der Waals surface area (Å²) in [5.41, 5.74) is 1.90. The molecule has 0 saturated heterocycles. The van der Waals surface area contributed by atoms with Gasteiger partial charge < -0.3 is 20.1 Å². The van der Waals surface area contributed by atoms with Gasteiger partial charge in [0.1, 0.15) is 0 Å². The molecule has 1 amide bonds. The highest BCUT2D eigenvalue weighted by atomic mass is 16.6. The van der Waals surface area contributed by atoms with Gasteiger partial charge in [0, 0.05) is 29.6 Å². The number of nitro benzene ring substituents is 1. The smallest absolute Gasteiger partial charge is 0.271 e. The van der Waals surface area contributed by atoms with Crippen LogP contribution in [0.25, 0.3) is 0 Å². The fourth-order valence-corrected chi connectivity index (χ4v) is 2.42. The molecule has 0 aliphatic carbocycles. The molecule has 0 bridgehead atoms. The van der Waals surface area contributed by atoms with Crippen molar-refractivity contribution in [2.75, 3.05) is 30.4 Å². The number of carbonyl (C=O) groups is 1. The molecule has 8 heteroatoms. The second-order valence-electron chi connectivity index (χ2n) is 5.69. The van der Waals surface area contributed by atoms with Crippen LogP contribution in [0.3, 0.4) is 0 Å². The number of ether oxygens (including phenoxy) is 2. The van der Waals surface area contributed by atoms with Gasteiger partial charge in [-0.3, -0.25) is 14.9 Å². The lowest BCUT2D eigenvalue weighted by molar-refractivity contribution is -0.384. The molecule has 0 fully saturated rings. The highest BCUT2D eigenvalue weighted by Crippen LogP contribution is 2.30. The van der Waals surface area contributed by atoms with E-state index in [0.717, 1.165) is 5.56 Å². The highest BCUT2D eigenvalue weighted by Gasteiger charge is 2.11. The van der Waals surface area contributed by atoms with E-state index in [0.29, 0.717) is 36.1 Å². The molecule has 0 aromatic heterocycles. The van der Waals surface area contributed by atoms with Crippen molar-refractivity contribution in [1.82, 2.24) is 0 Å². The van der Waals surface area contributed by atoms with Crippen molar-refractivity contribution < 1.29 is 19.2 Å². The Morgan fingerprint density at radius 2 is 1.78 bits per heavy atom. The number of nitrogens with zero attached hydrogens (tertiary/aromatic N) is 1. The summed E-state index contributed by atoms with van der Waals surface area (Å²) in [5, 5.41) is 16.6. The summed E-state index contributed by atoms with van der Waals surface area (Å²) < 4.78 is 11.0. The Bertz CT molecular complexity index is 823. The number of amides is 1. The minimum Gasteiger partial charge on any atom is -0.490 e. The van der Waals surface area contributed by atoms with Gasteiger partial charge in [0.15, 0.2) is 11.5 Å². The van der Waals surface area contributed by atoms with E-state index >= 15 is 0 Å². The first-order valence-electron chi connectivity index (χ1n) is 8.63. The summed E-state index contributed by atoms with van der Waals surface area (Å²) in [7, 11) is 0. The van der Waals surface area contributed by atoms with Crippen LogP contribution in [0.2, 0.25) is 0 Å². The molecule has 0 aliphatic rings. The quantitative estimate of drug-likeness (QED) is 0.513. The Morgan fingerprint density at radius 1 is 1.07 bits per heavy atom. The predicted octanol–water partition coefficient (Wildman–Crippen LogP) is 3.75.